The summed E-state index contributed by atoms with van der Waals surface area (Å²) in [6, 6.07) is 5.33. The molecular formula is C14H16F3NO. The van der Waals surface area contributed by atoms with Crippen molar-refractivity contribution in [2.75, 3.05) is 7.05 Å². The quantitative estimate of drug-likeness (QED) is 0.894. The largest absolute Gasteiger partial charge is 0.416 e. The Hall–Kier alpha value is -1.52. The van der Waals surface area contributed by atoms with E-state index in [2.05, 4.69) is 5.32 Å². The van der Waals surface area contributed by atoms with E-state index in [0.29, 0.717) is 11.5 Å². The van der Waals surface area contributed by atoms with Gasteiger partial charge in [0.25, 0.3) is 0 Å². The number of halogens is 3. The van der Waals surface area contributed by atoms with Crippen molar-refractivity contribution in [3.8, 4) is 0 Å². The summed E-state index contributed by atoms with van der Waals surface area (Å²) < 4.78 is 38.1. The third-order valence-corrected chi connectivity index (χ3v) is 3.52. The van der Waals surface area contributed by atoms with Crippen molar-refractivity contribution in [1.82, 2.24) is 5.32 Å². The van der Waals surface area contributed by atoms with Crippen LogP contribution in [0.2, 0.25) is 0 Å². The van der Waals surface area contributed by atoms with Gasteiger partial charge < -0.3 is 5.32 Å². The topological polar surface area (TPSA) is 29.1 Å². The van der Waals surface area contributed by atoms with Gasteiger partial charge in [0.2, 0.25) is 5.91 Å². The van der Waals surface area contributed by atoms with Gasteiger partial charge in [-0.15, -0.1) is 0 Å². The SMILES string of the molecule is CNC(=O)CC(c1cccc(C(F)(F)F)c1)C1CC1. The minimum atomic E-state index is -4.34. The molecule has 1 N–H and O–H groups in total. The summed E-state index contributed by atoms with van der Waals surface area (Å²) >= 11 is 0. The molecule has 104 valence electrons. The third-order valence-electron chi connectivity index (χ3n) is 3.52. The molecule has 1 aliphatic rings. The lowest BCUT2D eigenvalue weighted by molar-refractivity contribution is -0.137. The highest BCUT2D eigenvalue weighted by atomic mass is 19.4. The average molecular weight is 271 g/mol. The van der Waals surface area contributed by atoms with Gasteiger partial charge in [0.05, 0.1) is 5.56 Å². The molecule has 2 rings (SSSR count). The van der Waals surface area contributed by atoms with Crippen molar-refractivity contribution >= 4 is 5.91 Å². The molecular weight excluding hydrogens is 255 g/mol. The van der Waals surface area contributed by atoms with Gasteiger partial charge >= 0.3 is 6.18 Å². The first kappa shape index (κ1) is 13.9. The molecule has 0 heterocycles. The highest BCUT2D eigenvalue weighted by Crippen LogP contribution is 2.45. The zero-order valence-corrected chi connectivity index (χ0v) is 10.6. The summed E-state index contributed by atoms with van der Waals surface area (Å²) in [5, 5.41) is 2.53. The molecule has 2 nitrogen and oxygen atoms in total. The van der Waals surface area contributed by atoms with Crippen LogP contribution in [0.4, 0.5) is 13.2 Å². The number of alkyl halides is 3. The van der Waals surface area contributed by atoms with Gasteiger partial charge in [-0.3, -0.25) is 4.79 Å². The smallest absolute Gasteiger partial charge is 0.359 e. The molecule has 1 amide bonds. The molecule has 0 bridgehead atoms. The fraction of sp³-hybridized carbons (Fsp3) is 0.500. The van der Waals surface area contributed by atoms with E-state index in [1.165, 1.54) is 12.1 Å². The van der Waals surface area contributed by atoms with E-state index in [0.717, 1.165) is 18.9 Å². The van der Waals surface area contributed by atoms with Crippen molar-refractivity contribution in [1.29, 1.82) is 0 Å². The number of rotatable bonds is 4. The summed E-state index contributed by atoms with van der Waals surface area (Å²) in [7, 11) is 1.54. The van der Waals surface area contributed by atoms with Crippen LogP contribution in [0.3, 0.4) is 0 Å². The fourth-order valence-electron chi connectivity index (χ4n) is 2.30. The molecule has 1 atom stereocenters. The van der Waals surface area contributed by atoms with Crippen LogP contribution in [0.1, 0.15) is 36.3 Å². The number of hydrogen-bond donors (Lipinski definition) is 1. The summed E-state index contributed by atoms with van der Waals surface area (Å²) in [4.78, 5) is 11.5. The summed E-state index contributed by atoms with van der Waals surface area (Å²) in [6.07, 6.45) is -2.12. The third kappa shape index (κ3) is 3.49. The number of carbonyl (C=O) groups excluding carboxylic acids is 1. The van der Waals surface area contributed by atoms with E-state index in [9.17, 15) is 18.0 Å². The van der Waals surface area contributed by atoms with Crippen LogP contribution in [-0.4, -0.2) is 13.0 Å². The predicted octanol–water partition coefficient (Wildman–Crippen LogP) is 3.34. The van der Waals surface area contributed by atoms with E-state index < -0.39 is 11.7 Å². The van der Waals surface area contributed by atoms with Crippen molar-refractivity contribution in [3.63, 3.8) is 0 Å². The number of amides is 1. The Morgan fingerprint density at radius 1 is 1.42 bits per heavy atom. The zero-order chi connectivity index (χ0) is 14.0. The molecule has 1 saturated carbocycles. The fourth-order valence-corrected chi connectivity index (χ4v) is 2.30. The van der Waals surface area contributed by atoms with E-state index in [1.54, 1.807) is 13.1 Å². The highest BCUT2D eigenvalue weighted by Gasteiger charge is 2.36. The Kier molecular flexibility index (Phi) is 3.83. The van der Waals surface area contributed by atoms with Gasteiger partial charge in [0.1, 0.15) is 0 Å². The van der Waals surface area contributed by atoms with Crippen molar-refractivity contribution < 1.29 is 18.0 Å². The minimum absolute atomic E-state index is 0.109. The second-order valence-corrected chi connectivity index (χ2v) is 4.94. The van der Waals surface area contributed by atoms with E-state index >= 15 is 0 Å². The van der Waals surface area contributed by atoms with Gasteiger partial charge in [-0.1, -0.05) is 18.2 Å². The first-order valence-electron chi connectivity index (χ1n) is 6.29. The Morgan fingerprint density at radius 2 is 2.11 bits per heavy atom. The summed E-state index contributed by atoms with van der Waals surface area (Å²) in [6.45, 7) is 0. The van der Waals surface area contributed by atoms with Crippen LogP contribution < -0.4 is 5.32 Å². The Balaban J connectivity index is 2.24. The van der Waals surface area contributed by atoms with Crippen LogP contribution in [-0.2, 0) is 11.0 Å². The lowest BCUT2D eigenvalue weighted by atomic mass is 9.89. The Bertz CT molecular complexity index is 466. The second-order valence-electron chi connectivity index (χ2n) is 4.94. The lowest BCUT2D eigenvalue weighted by Gasteiger charge is -2.17. The molecule has 0 saturated heterocycles. The number of benzene rings is 1. The number of nitrogens with one attached hydrogen (secondary N) is 1. The molecule has 0 spiro atoms. The molecule has 1 aliphatic carbocycles. The molecule has 1 aromatic rings. The Morgan fingerprint density at radius 3 is 2.63 bits per heavy atom. The van der Waals surface area contributed by atoms with E-state index in [1.807, 2.05) is 0 Å². The highest BCUT2D eigenvalue weighted by molar-refractivity contribution is 5.76. The first-order valence-corrected chi connectivity index (χ1v) is 6.29. The van der Waals surface area contributed by atoms with Gasteiger partial charge in [-0.2, -0.15) is 13.2 Å². The van der Waals surface area contributed by atoms with Gasteiger partial charge in [0.15, 0.2) is 0 Å². The van der Waals surface area contributed by atoms with Crippen LogP contribution in [0.15, 0.2) is 24.3 Å². The van der Waals surface area contributed by atoms with Gasteiger partial charge in [0, 0.05) is 13.5 Å². The summed E-state index contributed by atoms with van der Waals surface area (Å²) in [5.41, 5.74) is -0.0338. The maximum absolute atomic E-state index is 12.7. The van der Waals surface area contributed by atoms with Crippen LogP contribution in [0.25, 0.3) is 0 Å². The van der Waals surface area contributed by atoms with Crippen LogP contribution in [0, 0.1) is 5.92 Å². The molecule has 1 fully saturated rings. The maximum Gasteiger partial charge on any atom is 0.416 e. The van der Waals surface area contributed by atoms with E-state index in [4.69, 9.17) is 0 Å². The van der Waals surface area contributed by atoms with Gasteiger partial charge in [-0.05, 0) is 36.3 Å². The standard InChI is InChI=1S/C14H16F3NO/c1-18-13(19)8-12(9-5-6-9)10-3-2-4-11(7-10)14(15,16)17/h2-4,7,9,12H,5-6,8H2,1H3,(H,18,19). The first-order chi connectivity index (χ1) is 8.91. The van der Waals surface area contributed by atoms with Crippen molar-refractivity contribution in [3.05, 3.63) is 35.4 Å². The number of carbonyl (C=O) groups is 1. The van der Waals surface area contributed by atoms with Crippen LogP contribution >= 0.6 is 0 Å². The number of hydrogen-bond acceptors (Lipinski definition) is 1. The monoisotopic (exact) mass is 271 g/mol. The zero-order valence-electron chi connectivity index (χ0n) is 10.6. The summed E-state index contributed by atoms with van der Waals surface area (Å²) in [5.74, 6) is 0.0948. The van der Waals surface area contributed by atoms with Gasteiger partial charge in [-0.25, -0.2) is 0 Å². The predicted molar refractivity (Wildman–Crippen MR) is 65.6 cm³/mol. The molecule has 1 aromatic carbocycles. The average Bonchev–Trinajstić information content (AvgIpc) is 3.19. The molecule has 5 heteroatoms. The Labute approximate surface area is 110 Å². The maximum atomic E-state index is 12.7. The molecule has 0 radical (unpaired) electrons. The lowest BCUT2D eigenvalue weighted by Crippen LogP contribution is -2.21. The normalized spacial score (nSPS) is 17.1. The molecule has 0 aromatic heterocycles. The van der Waals surface area contributed by atoms with Crippen LogP contribution in [0.5, 0.6) is 0 Å². The second kappa shape index (κ2) is 5.23. The van der Waals surface area contributed by atoms with E-state index in [-0.39, 0.29) is 18.2 Å². The van der Waals surface area contributed by atoms with Crippen molar-refractivity contribution in [2.45, 2.75) is 31.4 Å². The molecule has 0 aliphatic heterocycles. The molecule has 1 unspecified atom stereocenters. The minimum Gasteiger partial charge on any atom is -0.359 e. The molecule has 19 heavy (non-hydrogen) atoms. The van der Waals surface area contributed by atoms with Crippen molar-refractivity contribution in [2.24, 2.45) is 5.92 Å².